The highest BCUT2D eigenvalue weighted by molar-refractivity contribution is 7.89. The highest BCUT2D eigenvalue weighted by atomic mass is 32.2. The summed E-state index contributed by atoms with van der Waals surface area (Å²) in [6.07, 6.45) is 9.00. The number of nitrogens with one attached hydrogen (secondary N) is 1. The number of sulfonamides is 1. The Bertz CT molecular complexity index is 2000. The van der Waals surface area contributed by atoms with Crippen LogP contribution in [0.25, 0.3) is 0 Å². The molecule has 4 aliphatic carbocycles. The quantitative estimate of drug-likeness (QED) is 0.149. The van der Waals surface area contributed by atoms with Crippen LogP contribution in [-0.2, 0) is 40.4 Å². The number of esters is 1. The van der Waals surface area contributed by atoms with E-state index >= 15 is 0 Å². The first-order valence-electron chi connectivity index (χ1n) is 23.0. The van der Waals surface area contributed by atoms with Crippen LogP contribution in [0.2, 0.25) is 0 Å². The van der Waals surface area contributed by atoms with Gasteiger partial charge in [-0.05, 0) is 116 Å². The number of aryl methyl sites for hydroxylation is 1. The molecule has 332 valence electrons. The van der Waals surface area contributed by atoms with Crippen LogP contribution >= 0.6 is 0 Å². The maximum Gasteiger partial charge on any atom is 0.310 e. The fourth-order valence-electron chi connectivity index (χ4n) is 13.8. The van der Waals surface area contributed by atoms with E-state index in [1.807, 2.05) is 70.3 Å². The van der Waals surface area contributed by atoms with Gasteiger partial charge in [-0.1, -0.05) is 122 Å². The lowest BCUT2D eigenvalue weighted by atomic mass is 9.34. The number of benzene rings is 2. The van der Waals surface area contributed by atoms with Gasteiger partial charge < -0.3 is 18.9 Å². The van der Waals surface area contributed by atoms with Gasteiger partial charge in [0.05, 0.1) is 48.4 Å². The van der Waals surface area contributed by atoms with Crippen molar-refractivity contribution in [1.29, 1.82) is 0 Å². The van der Waals surface area contributed by atoms with Crippen LogP contribution < -0.4 is 4.72 Å². The SMILES string of the molecule is CCC(CC)(CO[C@H]1[C@H](OC)C[C@@]23COCC1(C)[C@@H]2CC[C@H]1C3=CC[C@@]2(C)[C@H](C(=O)OCc3ccccc3)[C@@](C)([C@H](C)C(C)C)CC[C@]12C)NS(=O)(=O)c1ccc(C)cc1. The molecule has 0 aromatic heterocycles. The molecular weight excluding hydrogens is 771 g/mol. The van der Waals surface area contributed by atoms with Crippen LogP contribution in [0.15, 0.2) is 71.1 Å². The lowest BCUT2D eigenvalue weighted by Crippen LogP contribution is -2.70. The number of fused-ring (bicyclic) bond motifs is 3. The Kier molecular flexibility index (Phi) is 12.5. The van der Waals surface area contributed by atoms with Crippen molar-refractivity contribution >= 4 is 16.0 Å². The minimum Gasteiger partial charge on any atom is -0.461 e. The van der Waals surface area contributed by atoms with Crippen molar-refractivity contribution in [2.45, 2.75) is 150 Å². The van der Waals surface area contributed by atoms with E-state index in [2.05, 4.69) is 59.3 Å². The predicted octanol–water partition coefficient (Wildman–Crippen LogP) is 10.5. The Labute approximate surface area is 362 Å². The molecule has 1 unspecified atom stereocenters. The van der Waals surface area contributed by atoms with Crippen LogP contribution in [0, 0.1) is 63.6 Å². The summed E-state index contributed by atoms with van der Waals surface area (Å²) in [6, 6.07) is 17.1. The molecule has 60 heavy (non-hydrogen) atoms. The highest BCUT2D eigenvalue weighted by Gasteiger charge is 2.72. The fraction of sp³-hybridized carbons (Fsp3) is 0.706. The molecule has 2 bridgehead atoms. The fourth-order valence-corrected chi connectivity index (χ4v) is 15.3. The number of hydrogen-bond acceptors (Lipinski definition) is 7. The monoisotopic (exact) mass is 846 g/mol. The molecule has 2 aromatic rings. The van der Waals surface area contributed by atoms with Gasteiger partial charge in [0.15, 0.2) is 0 Å². The molecule has 1 heterocycles. The second-order valence-electron chi connectivity index (χ2n) is 21.2. The molecule has 1 saturated heterocycles. The average Bonchev–Trinajstić information content (AvgIpc) is 3.22. The van der Waals surface area contributed by atoms with E-state index in [4.69, 9.17) is 18.9 Å². The van der Waals surface area contributed by atoms with Gasteiger partial charge in [0.1, 0.15) is 6.61 Å². The van der Waals surface area contributed by atoms with Gasteiger partial charge in [-0.15, -0.1) is 0 Å². The van der Waals surface area contributed by atoms with Gasteiger partial charge >= 0.3 is 5.97 Å². The lowest BCUT2D eigenvalue weighted by Gasteiger charge is -2.71. The van der Waals surface area contributed by atoms with E-state index in [0.717, 1.165) is 49.7 Å². The number of carbonyl (C=O) groups excluding carboxylic acids is 1. The third-order valence-electron chi connectivity index (χ3n) is 18.2. The summed E-state index contributed by atoms with van der Waals surface area (Å²) in [5, 5.41) is 0. The topological polar surface area (TPSA) is 100 Å². The lowest BCUT2D eigenvalue weighted by molar-refractivity contribution is -0.269. The molecule has 3 saturated carbocycles. The standard InChI is InChI=1S/C51H75NO7S/c1-12-50(13-2,52-60(54,55)38-21-19-35(5)20-22-38)32-59-44-41(56-11)29-51-33-57-31-47(44,8)42(51)24-23-39-40(51)25-26-49(10)43(45(53)58-30-37-17-15-14-16-18-37)46(7,36(6)34(3)4)27-28-48(39,49)9/h14-22,25,34,36,39,41-44,52H,12-13,23-24,26-33H2,1-11H3/t36-,39+,41-,42+,43-,44+,46-,47?,48-,49+,51+/m1/s1. The number of ether oxygens (including phenoxy) is 4. The Balaban J connectivity index is 1.20. The number of methoxy groups -OCH3 is 1. The Morgan fingerprint density at radius 1 is 0.933 bits per heavy atom. The zero-order chi connectivity index (χ0) is 43.5. The van der Waals surface area contributed by atoms with Gasteiger partial charge in [-0.2, -0.15) is 0 Å². The Hall–Kier alpha value is -2.56. The Morgan fingerprint density at radius 2 is 1.62 bits per heavy atom. The summed E-state index contributed by atoms with van der Waals surface area (Å²) in [4.78, 5) is 15.1. The van der Waals surface area contributed by atoms with Crippen LogP contribution in [0.5, 0.6) is 0 Å². The molecule has 0 amide bonds. The van der Waals surface area contributed by atoms with Crippen molar-refractivity contribution in [1.82, 2.24) is 4.72 Å². The molecule has 7 rings (SSSR count). The van der Waals surface area contributed by atoms with Crippen molar-refractivity contribution in [2.24, 2.45) is 56.7 Å². The maximum atomic E-state index is 14.8. The maximum absolute atomic E-state index is 14.8. The average molecular weight is 846 g/mol. The van der Waals surface area contributed by atoms with Crippen molar-refractivity contribution in [3.8, 4) is 0 Å². The van der Waals surface area contributed by atoms with Gasteiger partial charge in [-0.25, -0.2) is 13.1 Å². The molecule has 11 atom stereocenters. The molecule has 9 heteroatoms. The molecular formula is C51H75NO7S. The summed E-state index contributed by atoms with van der Waals surface area (Å²) in [5.41, 5.74) is 1.57. The smallest absolute Gasteiger partial charge is 0.310 e. The highest BCUT2D eigenvalue weighted by Crippen LogP contribution is 2.75. The molecule has 8 nitrogen and oxygen atoms in total. The largest absolute Gasteiger partial charge is 0.461 e. The van der Waals surface area contributed by atoms with Crippen molar-refractivity contribution in [2.75, 3.05) is 26.9 Å². The third kappa shape index (κ3) is 7.26. The van der Waals surface area contributed by atoms with Crippen LogP contribution in [0.3, 0.4) is 0 Å². The zero-order valence-corrected chi connectivity index (χ0v) is 39.4. The second-order valence-corrected chi connectivity index (χ2v) is 22.9. The molecule has 2 aromatic carbocycles. The molecule has 0 radical (unpaired) electrons. The summed E-state index contributed by atoms with van der Waals surface area (Å²) in [6.45, 7) is 24.4. The first kappa shape index (κ1) is 45.5. The number of hydrogen-bond donors (Lipinski definition) is 1. The van der Waals surface area contributed by atoms with Gasteiger partial charge in [0.25, 0.3) is 0 Å². The number of allylic oxidation sites excluding steroid dienone is 1. The van der Waals surface area contributed by atoms with Gasteiger partial charge in [-0.3, -0.25) is 4.79 Å². The second kappa shape index (κ2) is 16.5. The van der Waals surface area contributed by atoms with Crippen LogP contribution in [-0.4, -0.2) is 59.1 Å². The molecule has 1 aliphatic heterocycles. The summed E-state index contributed by atoms with van der Waals surface area (Å²) in [7, 11) is -1.97. The van der Waals surface area contributed by atoms with E-state index in [1.165, 1.54) is 5.57 Å². The minimum absolute atomic E-state index is 0.0481. The first-order chi connectivity index (χ1) is 28.3. The minimum atomic E-state index is -3.78. The van der Waals surface area contributed by atoms with Crippen molar-refractivity contribution in [3.63, 3.8) is 0 Å². The van der Waals surface area contributed by atoms with Gasteiger partial charge in [0, 0.05) is 17.9 Å². The number of carbonyl (C=O) groups is 1. The number of rotatable bonds is 14. The predicted molar refractivity (Wildman–Crippen MR) is 238 cm³/mol. The van der Waals surface area contributed by atoms with E-state index in [-0.39, 0.29) is 69.3 Å². The zero-order valence-electron chi connectivity index (χ0n) is 38.6. The molecule has 1 N–H and O–H groups in total. The van der Waals surface area contributed by atoms with Gasteiger partial charge in [0.2, 0.25) is 10.0 Å². The summed E-state index contributed by atoms with van der Waals surface area (Å²) in [5.74, 6) is 1.10. The summed E-state index contributed by atoms with van der Waals surface area (Å²) >= 11 is 0. The van der Waals surface area contributed by atoms with E-state index in [0.29, 0.717) is 49.7 Å². The molecule has 4 fully saturated rings. The van der Waals surface area contributed by atoms with Crippen LogP contribution in [0.1, 0.15) is 125 Å². The first-order valence-corrected chi connectivity index (χ1v) is 24.5. The molecule has 5 aliphatic rings. The molecule has 0 spiro atoms. The van der Waals surface area contributed by atoms with E-state index in [9.17, 15) is 13.2 Å². The Morgan fingerprint density at radius 3 is 2.25 bits per heavy atom. The summed E-state index contributed by atoms with van der Waals surface area (Å²) < 4.78 is 57.3. The third-order valence-corrected chi connectivity index (χ3v) is 19.8. The van der Waals surface area contributed by atoms with E-state index < -0.39 is 15.6 Å². The van der Waals surface area contributed by atoms with Crippen LogP contribution in [0.4, 0.5) is 0 Å². The van der Waals surface area contributed by atoms with E-state index in [1.54, 1.807) is 12.1 Å². The normalized spacial score (nSPS) is 37.0. The van der Waals surface area contributed by atoms with Crippen molar-refractivity contribution < 1.29 is 32.2 Å². The van der Waals surface area contributed by atoms with Crippen molar-refractivity contribution in [3.05, 3.63) is 77.4 Å².